The lowest BCUT2D eigenvalue weighted by Crippen LogP contribution is -2.22. The maximum Gasteiger partial charge on any atom is 0.306 e. The van der Waals surface area contributed by atoms with Crippen LogP contribution in [0.25, 0.3) is 0 Å². The second-order valence-corrected chi connectivity index (χ2v) is 5.25. The van der Waals surface area contributed by atoms with Crippen molar-refractivity contribution in [1.29, 1.82) is 0 Å². The highest BCUT2D eigenvalue weighted by atomic mass is 16.5. The van der Waals surface area contributed by atoms with E-state index in [1.54, 1.807) is 0 Å². The Hall–Kier alpha value is -1.06. The van der Waals surface area contributed by atoms with Crippen LogP contribution in [0.2, 0.25) is 0 Å². The van der Waals surface area contributed by atoms with Gasteiger partial charge in [-0.1, -0.05) is 34.1 Å². The fourth-order valence-corrected chi connectivity index (χ4v) is 1.52. The van der Waals surface area contributed by atoms with Gasteiger partial charge < -0.3 is 9.47 Å². The molecule has 0 aromatic carbocycles. The number of ether oxygens (including phenoxy) is 2. The van der Waals surface area contributed by atoms with Crippen LogP contribution in [0, 0.1) is 5.92 Å². The lowest BCUT2D eigenvalue weighted by atomic mass is 10.1. The van der Waals surface area contributed by atoms with Crippen molar-refractivity contribution >= 4 is 11.9 Å². The van der Waals surface area contributed by atoms with E-state index in [9.17, 15) is 9.59 Å². The van der Waals surface area contributed by atoms with Gasteiger partial charge in [0.05, 0.1) is 12.8 Å². The lowest BCUT2D eigenvalue weighted by molar-refractivity contribution is -0.156. The van der Waals surface area contributed by atoms with E-state index >= 15 is 0 Å². The lowest BCUT2D eigenvalue weighted by Gasteiger charge is -2.17. The van der Waals surface area contributed by atoms with E-state index in [2.05, 4.69) is 6.92 Å². The highest BCUT2D eigenvalue weighted by molar-refractivity contribution is 5.77. The van der Waals surface area contributed by atoms with Crippen LogP contribution in [0.15, 0.2) is 0 Å². The number of esters is 2. The second-order valence-electron chi connectivity index (χ2n) is 5.25. The fraction of sp³-hybridized carbons (Fsp3) is 0.867. The second kappa shape index (κ2) is 9.82. The predicted molar refractivity (Wildman–Crippen MR) is 74.7 cm³/mol. The van der Waals surface area contributed by atoms with E-state index in [-0.39, 0.29) is 42.9 Å². The van der Waals surface area contributed by atoms with Crippen molar-refractivity contribution in [3.8, 4) is 0 Å². The molecule has 0 aliphatic heterocycles. The number of hydrogen-bond acceptors (Lipinski definition) is 4. The van der Waals surface area contributed by atoms with Crippen molar-refractivity contribution in [3.63, 3.8) is 0 Å². The summed E-state index contributed by atoms with van der Waals surface area (Å²) < 4.78 is 10.5. The van der Waals surface area contributed by atoms with Crippen molar-refractivity contribution < 1.29 is 19.1 Å². The summed E-state index contributed by atoms with van der Waals surface area (Å²) in [6.45, 7) is 9.88. The molecule has 0 N–H and O–H groups in total. The Morgan fingerprint density at radius 1 is 0.947 bits per heavy atom. The third kappa shape index (κ3) is 8.62. The number of hydrogen-bond donors (Lipinski definition) is 0. The monoisotopic (exact) mass is 272 g/mol. The first kappa shape index (κ1) is 17.9. The van der Waals surface area contributed by atoms with Gasteiger partial charge in [-0.05, 0) is 25.7 Å². The largest absolute Gasteiger partial charge is 0.462 e. The summed E-state index contributed by atoms with van der Waals surface area (Å²) in [6, 6.07) is 0. The van der Waals surface area contributed by atoms with Crippen molar-refractivity contribution in [2.75, 3.05) is 0 Å². The van der Waals surface area contributed by atoms with Gasteiger partial charge in [0.25, 0.3) is 0 Å². The molecule has 0 saturated heterocycles. The van der Waals surface area contributed by atoms with Gasteiger partial charge in [0.2, 0.25) is 0 Å². The van der Waals surface area contributed by atoms with Gasteiger partial charge in [-0.15, -0.1) is 0 Å². The molecule has 0 heterocycles. The Kier molecular flexibility index (Phi) is 9.27. The molecule has 0 bridgehead atoms. The summed E-state index contributed by atoms with van der Waals surface area (Å²) in [5.74, 6) is -0.360. The molecular weight excluding hydrogens is 244 g/mol. The molecule has 0 saturated carbocycles. The van der Waals surface area contributed by atoms with Crippen LogP contribution in [0.1, 0.15) is 66.7 Å². The van der Waals surface area contributed by atoms with Gasteiger partial charge in [0.1, 0.15) is 12.2 Å². The quantitative estimate of drug-likeness (QED) is 0.603. The zero-order valence-corrected chi connectivity index (χ0v) is 12.9. The fourth-order valence-electron chi connectivity index (χ4n) is 1.52. The number of carbonyl (C=O) groups excluding carboxylic acids is 2. The van der Waals surface area contributed by atoms with E-state index in [1.807, 2.05) is 27.7 Å². The van der Waals surface area contributed by atoms with Crippen LogP contribution >= 0.6 is 0 Å². The van der Waals surface area contributed by atoms with E-state index in [0.29, 0.717) is 0 Å². The normalized spacial score (nSPS) is 14.0. The Morgan fingerprint density at radius 3 is 1.89 bits per heavy atom. The molecule has 19 heavy (non-hydrogen) atoms. The molecule has 2 atom stereocenters. The number of rotatable bonds is 9. The summed E-state index contributed by atoms with van der Waals surface area (Å²) in [4.78, 5) is 23.1. The molecule has 0 aliphatic rings. The average molecular weight is 272 g/mol. The van der Waals surface area contributed by atoms with Gasteiger partial charge >= 0.3 is 11.9 Å². The molecule has 0 aliphatic carbocycles. The minimum Gasteiger partial charge on any atom is -0.462 e. The van der Waals surface area contributed by atoms with Gasteiger partial charge in [0.15, 0.2) is 0 Å². The van der Waals surface area contributed by atoms with Crippen LogP contribution in [0.4, 0.5) is 0 Å². The third-order valence-corrected chi connectivity index (χ3v) is 3.15. The van der Waals surface area contributed by atoms with E-state index in [0.717, 1.165) is 19.3 Å². The predicted octanol–water partition coefficient (Wildman–Crippen LogP) is 3.48. The Labute approximate surface area is 116 Å². The van der Waals surface area contributed by atoms with Crippen LogP contribution in [-0.2, 0) is 19.1 Å². The molecule has 0 amide bonds. The molecule has 0 aromatic heterocycles. The molecular formula is C15H28O4. The molecule has 0 rings (SSSR count). The van der Waals surface area contributed by atoms with Crippen molar-refractivity contribution in [3.05, 3.63) is 0 Å². The molecule has 0 spiro atoms. The van der Waals surface area contributed by atoms with Crippen LogP contribution < -0.4 is 0 Å². The van der Waals surface area contributed by atoms with Gasteiger partial charge in [0, 0.05) is 0 Å². The molecule has 4 heteroatoms. The third-order valence-electron chi connectivity index (χ3n) is 3.15. The zero-order valence-electron chi connectivity index (χ0n) is 12.9. The first-order chi connectivity index (χ1) is 8.90. The van der Waals surface area contributed by atoms with Crippen LogP contribution in [-0.4, -0.2) is 24.1 Å². The maximum atomic E-state index is 11.6. The first-order valence-electron chi connectivity index (χ1n) is 7.29. The molecule has 2 unspecified atom stereocenters. The summed E-state index contributed by atoms with van der Waals surface area (Å²) in [5.41, 5.74) is 0. The topological polar surface area (TPSA) is 52.6 Å². The molecule has 0 fully saturated rings. The average Bonchev–Trinajstić information content (AvgIpc) is 2.35. The first-order valence-corrected chi connectivity index (χ1v) is 7.29. The molecule has 0 radical (unpaired) electrons. The SMILES string of the molecule is CCCC(CC)OC(=O)CCC(=O)OC(C)C(C)C. The molecule has 112 valence electrons. The zero-order chi connectivity index (χ0) is 14.8. The van der Waals surface area contributed by atoms with E-state index < -0.39 is 0 Å². The van der Waals surface area contributed by atoms with Crippen molar-refractivity contribution in [2.45, 2.75) is 78.9 Å². The van der Waals surface area contributed by atoms with E-state index in [1.165, 1.54) is 0 Å². The van der Waals surface area contributed by atoms with Gasteiger partial charge in [-0.3, -0.25) is 9.59 Å². The highest BCUT2D eigenvalue weighted by Crippen LogP contribution is 2.10. The molecule has 0 aromatic rings. The minimum atomic E-state index is -0.332. The van der Waals surface area contributed by atoms with Gasteiger partial charge in [-0.25, -0.2) is 0 Å². The smallest absolute Gasteiger partial charge is 0.306 e. The summed E-state index contributed by atoms with van der Waals surface area (Å²) >= 11 is 0. The summed E-state index contributed by atoms with van der Waals surface area (Å²) in [6.07, 6.45) is 2.73. The van der Waals surface area contributed by atoms with Crippen molar-refractivity contribution in [1.82, 2.24) is 0 Å². The Bertz CT molecular complexity index is 273. The van der Waals surface area contributed by atoms with Crippen molar-refractivity contribution in [2.24, 2.45) is 5.92 Å². The van der Waals surface area contributed by atoms with Crippen LogP contribution in [0.3, 0.4) is 0 Å². The number of carbonyl (C=O) groups is 2. The van der Waals surface area contributed by atoms with E-state index in [4.69, 9.17) is 9.47 Å². The summed E-state index contributed by atoms with van der Waals surface area (Å²) in [5, 5.41) is 0. The van der Waals surface area contributed by atoms with Gasteiger partial charge in [-0.2, -0.15) is 0 Å². The maximum absolute atomic E-state index is 11.6. The highest BCUT2D eigenvalue weighted by Gasteiger charge is 2.16. The Morgan fingerprint density at radius 2 is 1.47 bits per heavy atom. The minimum absolute atomic E-state index is 0.0249. The Balaban J connectivity index is 3.92. The molecule has 4 nitrogen and oxygen atoms in total. The summed E-state index contributed by atoms with van der Waals surface area (Å²) in [7, 11) is 0. The standard InChI is InChI=1S/C15H28O4/c1-6-8-13(7-2)19-15(17)10-9-14(16)18-12(5)11(3)4/h11-13H,6-10H2,1-5H3. The van der Waals surface area contributed by atoms with Crippen LogP contribution in [0.5, 0.6) is 0 Å².